The van der Waals surface area contributed by atoms with Crippen molar-refractivity contribution in [1.29, 1.82) is 0 Å². The number of hydrogen-bond donors (Lipinski definition) is 3. The van der Waals surface area contributed by atoms with Gasteiger partial charge in [0.25, 0.3) is 5.91 Å². The lowest BCUT2D eigenvalue weighted by Crippen LogP contribution is -2.38. The monoisotopic (exact) mass is 446 g/mol. The zero-order valence-electron chi connectivity index (χ0n) is 17.3. The number of nitrogens with one attached hydrogen (secondary N) is 2. The van der Waals surface area contributed by atoms with Gasteiger partial charge in [-0.05, 0) is 50.8 Å². The van der Waals surface area contributed by atoms with Gasteiger partial charge >= 0.3 is 0 Å². The van der Waals surface area contributed by atoms with Crippen molar-refractivity contribution in [2.75, 3.05) is 18.5 Å². The summed E-state index contributed by atoms with van der Waals surface area (Å²) >= 11 is 0. The van der Waals surface area contributed by atoms with Gasteiger partial charge in [0.05, 0.1) is 16.6 Å². The van der Waals surface area contributed by atoms with E-state index < -0.39 is 15.9 Å². The highest BCUT2D eigenvalue weighted by molar-refractivity contribution is 7.89. The first-order valence-electron chi connectivity index (χ1n) is 10.3. The second-order valence-electron chi connectivity index (χ2n) is 7.94. The number of sulfonamides is 1. The fourth-order valence-corrected chi connectivity index (χ4v) is 5.11. The quantitative estimate of drug-likeness (QED) is 0.651. The molecule has 0 saturated heterocycles. The Morgan fingerprint density at radius 1 is 1.03 bits per heavy atom. The number of aliphatic hydroxyl groups excluding tert-OH is 1. The van der Waals surface area contributed by atoms with Gasteiger partial charge in [0, 0.05) is 17.8 Å². The van der Waals surface area contributed by atoms with E-state index in [0.29, 0.717) is 31.4 Å². The van der Waals surface area contributed by atoms with Crippen LogP contribution in [-0.2, 0) is 10.0 Å². The molecule has 1 saturated carbocycles. The molecular formula is C22H26N2O6S. The molecule has 166 valence electrons. The van der Waals surface area contributed by atoms with Gasteiger partial charge in [-0.25, -0.2) is 13.1 Å². The van der Waals surface area contributed by atoms with Crippen molar-refractivity contribution in [3.05, 3.63) is 47.5 Å². The van der Waals surface area contributed by atoms with Crippen molar-refractivity contribution in [3.8, 4) is 11.5 Å². The summed E-state index contributed by atoms with van der Waals surface area (Å²) in [6.07, 6.45) is 1.85. The lowest BCUT2D eigenvalue weighted by Gasteiger charge is -2.26. The molecule has 0 atom stereocenters. The highest BCUT2D eigenvalue weighted by Crippen LogP contribution is 2.37. The predicted octanol–water partition coefficient (Wildman–Crippen LogP) is 2.60. The molecule has 4 rings (SSSR count). The molecule has 2 aromatic rings. The SMILES string of the molecule is Cc1ccc(NC(=O)c2cc(S(=O)(=O)NC3CCC(O)CC3)cc3c2OCCO3)cc1. The van der Waals surface area contributed by atoms with E-state index in [9.17, 15) is 18.3 Å². The van der Waals surface area contributed by atoms with Crippen LogP contribution in [0.4, 0.5) is 5.69 Å². The smallest absolute Gasteiger partial charge is 0.259 e. The topological polar surface area (TPSA) is 114 Å². The van der Waals surface area contributed by atoms with Crippen molar-refractivity contribution in [1.82, 2.24) is 4.72 Å². The maximum atomic E-state index is 13.0. The predicted molar refractivity (Wildman–Crippen MR) is 115 cm³/mol. The van der Waals surface area contributed by atoms with E-state index >= 15 is 0 Å². The fraction of sp³-hybridized carbons (Fsp3) is 0.409. The van der Waals surface area contributed by atoms with Gasteiger partial charge in [-0.3, -0.25) is 4.79 Å². The number of aryl methyl sites for hydroxylation is 1. The van der Waals surface area contributed by atoms with Gasteiger partial charge in [0.15, 0.2) is 11.5 Å². The first-order chi connectivity index (χ1) is 14.8. The molecule has 0 radical (unpaired) electrons. The first-order valence-corrected chi connectivity index (χ1v) is 11.8. The summed E-state index contributed by atoms with van der Waals surface area (Å²) in [6, 6.07) is 9.74. The first kappa shape index (κ1) is 21.6. The number of hydrogen-bond acceptors (Lipinski definition) is 6. The molecule has 1 heterocycles. The minimum atomic E-state index is -3.89. The Hall–Kier alpha value is -2.62. The van der Waals surface area contributed by atoms with E-state index in [1.165, 1.54) is 12.1 Å². The second-order valence-corrected chi connectivity index (χ2v) is 9.66. The molecule has 0 aromatic heterocycles. The number of fused-ring (bicyclic) bond motifs is 1. The average molecular weight is 447 g/mol. The Morgan fingerprint density at radius 3 is 2.42 bits per heavy atom. The minimum absolute atomic E-state index is 0.0584. The molecule has 2 aliphatic rings. The van der Waals surface area contributed by atoms with E-state index in [-0.39, 0.29) is 47.3 Å². The van der Waals surface area contributed by atoms with Gasteiger partial charge < -0.3 is 19.9 Å². The lowest BCUT2D eigenvalue weighted by atomic mass is 9.94. The second kappa shape index (κ2) is 8.86. The van der Waals surface area contributed by atoms with Crippen LogP contribution in [0.25, 0.3) is 0 Å². The van der Waals surface area contributed by atoms with Gasteiger partial charge in [-0.15, -0.1) is 0 Å². The summed E-state index contributed by atoms with van der Waals surface area (Å²) in [5.41, 5.74) is 1.74. The third-order valence-corrected chi connectivity index (χ3v) is 7.00. The van der Waals surface area contributed by atoms with Crippen LogP contribution in [0.3, 0.4) is 0 Å². The molecule has 31 heavy (non-hydrogen) atoms. The standard InChI is InChI=1S/C22H26N2O6S/c1-14-2-4-15(5-3-14)23-22(26)19-12-18(13-20-21(19)30-11-10-29-20)31(27,28)24-16-6-8-17(25)9-7-16/h2-5,12-13,16-17,24-25H,6-11H2,1H3,(H,23,26). The summed E-state index contributed by atoms with van der Waals surface area (Å²) in [4.78, 5) is 12.9. The zero-order valence-corrected chi connectivity index (χ0v) is 18.1. The van der Waals surface area contributed by atoms with Crippen LogP contribution in [-0.4, -0.2) is 44.8 Å². The van der Waals surface area contributed by atoms with E-state index in [1.807, 2.05) is 19.1 Å². The molecule has 1 aliphatic heterocycles. The molecule has 9 heteroatoms. The number of carbonyl (C=O) groups is 1. The molecule has 1 aliphatic carbocycles. The Kier molecular flexibility index (Phi) is 6.17. The Morgan fingerprint density at radius 2 is 1.71 bits per heavy atom. The lowest BCUT2D eigenvalue weighted by molar-refractivity contribution is 0.101. The van der Waals surface area contributed by atoms with Crippen molar-refractivity contribution < 1.29 is 27.8 Å². The molecule has 0 unspecified atom stereocenters. The van der Waals surface area contributed by atoms with Crippen molar-refractivity contribution in [2.24, 2.45) is 0 Å². The van der Waals surface area contributed by atoms with E-state index in [2.05, 4.69) is 10.0 Å². The van der Waals surface area contributed by atoms with Crippen LogP contribution >= 0.6 is 0 Å². The molecular weight excluding hydrogens is 420 g/mol. The fourth-order valence-electron chi connectivity index (χ4n) is 3.77. The van der Waals surface area contributed by atoms with E-state index in [1.54, 1.807) is 12.1 Å². The molecule has 0 spiro atoms. The van der Waals surface area contributed by atoms with E-state index in [0.717, 1.165) is 5.56 Å². The molecule has 2 aromatic carbocycles. The Balaban J connectivity index is 1.63. The van der Waals surface area contributed by atoms with Gasteiger partial charge in [-0.1, -0.05) is 17.7 Å². The number of anilines is 1. The van der Waals surface area contributed by atoms with Crippen LogP contribution in [0.1, 0.15) is 41.6 Å². The third kappa shape index (κ3) is 5.00. The van der Waals surface area contributed by atoms with Crippen LogP contribution in [0.2, 0.25) is 0 Å². The minimum Gasteiger partial charge on any atom is -0.486 e. The number of amides is 1. The Bertz CT molecular complexity index is 1060. The van der Waals surface area contributed by atoms with Crippen LogP contribution < -0.4 is 19.5 Å². The highest BCUT2D eigenvalue weighted by atomic mass is 32.2. The van der Waals surface area contributed by atoms with Gasteiger partial charge in [0.1, 0.15) is 13.2 Å². The van der Waals surface area contributed by atoms with Gasteiger partial charge in [-0.2, -0.15) is 0 Å². The van der Waals surface area contributed by atoms with Crippen LogP contribution in [0, 0.1) is 6.92 Å². The largest absolute Gasteiger partial charge is 0.486 e. The molecule has 3 N–H and O–H groups in total. The van der Waals surface area contributed by atoms with Crippen LogP contribution in [0.5, 0.6) is 11.5 Å². The number of aliphatic hydroxyl groups is 1. The Labute approximate surface area is 181 Å². The summed E-state index contributed by atoms with van der Waals surface area (Å²) in [5, 5.41) is 12.4. The zero-order chi connectivity index (χ0) is 22.0. The average Bonchev–Trinajstić information content (AvgIpc) is 2.76. The molecule has 1 fully saturated rings. The summed E-state index contributed by atoms with van der Waals surface area (Å²) in [5.74, 6) is -0.0266. The summed E-state index contributed by atoms with van der Waals surface area (Å²) in [6.45, 7) is 2.48. The molecule has 0 bridgehead atoms. The highest BCUT2D eigenvalue weighted by Gasteiger charge is 2.29. The number of benzene rings is 2. The van der Waals surface area contributed by atoms with Crippen molar-refractivity contribution in [2.45, 2.75) is 49.6 Å². The number of carbonyl (C=O) groups excluding carboxylic acids is 1. The summed E-state index contributed by atoms with van der Waals surface area (Å²) in [7, 11) is -3.89. The number of ether oxygens (including phenoxy) is 2. The molecule has 8 nitrogen and oxygen atoms in total. The van der Waals surface area contributed by atoms with Crippen molar-refractivity contribution in [3.63, 3.8) is 0 Å². The van der Waals surface area contributed by atoms with Crippen molar-refractivity contribution >= 4 is 21.6 Å². The van der Waals surface area contributed by atoms with Gasteiger partial charge in [0.2, 0.25) is 10.0 Å². The molecule has 1 amide bonds. The third-order valence-electron chi connectivity index (χ3n) is 5.50. The van der Waals surface area contributed by atoms with E-state index in [4.69, 9.17) is 9.47 Å². The normalized spacial score (nSPS) is 20.8. The maximum absolute atomic E-state index is 13.0. The number of rotatable bonds is 5. The maximum Gasteiger partial charge on any atom is 0.259 e. The summed E-state index contributed by atoms with van der Waals surface area (Å²) < 4.78 is 40.0. The van der Waals surface area contributed by atoms with Crippen LogP contribution in [0.15, 0.2) is 41.3 Å².